The van der Waals surface area contributed by atoms with Gasteiger partial charge in [0.05, 0.1) is 11.0 Å². The lowest BCUT2D eigenvalue weighted by molar-refractivity contribution is 0.517. The van der Waals surface area contributed by atoms with Gasteiger partial charge in [0.1, 0.15) is 0 Å². The highest BCUT2D eigenvalue weighted by molar-refractivity contribution is 5.96. The minimum atomic E-state index is 1.09. The standard InChI is InChI=1S/C41H66N2/c1-4-5-6-7-8-9-10-11-12-13-14-15-16-17-18-19-20-21-22-23-24-25-26-27-31-37-38-35-36-30-28-29-32-39(36)42-40(38)33-34-41(37)43(2)3/h28-30,32-35H,4-27,31H2,1-3H3. The molecule has 0 unspecified atom stereocenters. The normalized spacial score (nSPS) is 11.6. The minimum Gasteiger partial charge on any atom is -0.377 e. The van der Waals surface area contributed by atoms with Gasteiger partial charge in [0.25, 0.3) is 0 Å². The van der Waals surface area contributed by atoms with Crippen LogP contribution >= 0.6 is 0 Å². The van der Waals surface area contributed by atoms with E-state index in [0.717, 1.165) is 17.5 Å². The highest BCUT2D eigenvalue weighted by Crippen LogP contribution is 2.31. The van der Waals surface area contributed by atoms with E-state index < -0.39 is 0 Å². The predicted octanol–water partition coefficient (Wildman–Crippen LogP) is 13.4. The molecule has 2 nitrogen and oxygen atoms in total. The van der Waals surface area contributed by atoms with Crippen LogP contribution in [0.2, 0.25) is 0 Å². The topological polar surface area (TPSA) is 16.1 Å². The van der Waals surface area contributed by atoms with Crippen LogP contribution in [0.5, 0.6) is 0 Å². The first-order valence-corrected chi connectivity index (χ1v) is 18.7. The van der Waals surface area contributed by atoms with Gasteiger partial charge in [-0.1, -0.05) is 173 Å². The first kappa shape index (κ1) is 35.4. The summed E-state index contributed by atoms with van der Waals surface area (Å²) >= 11 is 0. The van der Waals surface area contributed by atoms with Gasteiger partial charge in [-0.05, 0) is 42.7 Å². The number of pyridine rings is 1. The predicted molar refractivity (Wildman–Crippen MR) is 194 cm³/mol. The molecule has 1 aromatic heterocycles. The van der Waals surface area contributed by atoms with E-state index in [9.17, 15) is 0 Å². The lowest BCUT2D eigenvalue weighted by atomic mass is 9.97. The average molecular weight is 587 g/mol. The molecule has 0 aliphatic rings. The summed E-state index contributed by atoms with van der Waals surface area (Å²) in [6.07, 6.45) is 35.7. The molecule has 0 amide bonds. The summed E-state index contributed by atoms with van der Waals surface area (Å²) in [7, 11) is 4.33. The molecule has 0 aliphatic carbocycles. The Balaban J connectivity index is 1.14. The van der Waals surface area contributed by atoms with Crippen LogP contribution in [-0.2, 0) is 6.42 Å². The molecular formula is C41H66N2. The quantitative estimate of drug-likeness (QED) is 0.0687. The Labute approximate surface area is 266 Å². The molecule has 0 N–H and O–H groups in total. The fraction of sp³-hybridized carbons (Fsp3) is 0.683. The molecule has 3 aromatic rings. The van der Waals surface area contributed by atoms with Crippen LogP contribution < -0.4 is 4.90 Å². The number of aryl methyl sites for hydroxylation is 1. The van der Waals surface area contributed by atoms with E-state index in [1.165, 1.54) is 176 Å². The van der Waals surface area contributed by atoms with Gasteiger partial charge in [-0.15, -0.1) is 0 Å². The van der Waals surface area contributed by atoms with Crippen molar-refractivity contribution in [3.63, 3.8) is 0 Å². The number of aromatic nitrogens is 1. The Morgan fingerprint density at radius 3 is 1.40 bits per heavy atom. The lowest BCUT2D eigenvalue weighted by Crippen LogP contribution is -2.11. The molecule has 0 saturated heterocycles. The second kappa shape index (κ2) is 22.4. The maximum absolute atomic E-state index is 4.96. The van der Waals surface area contributed by atoms with Crippen molar-refractivity contribution in [2.24, 2.45) is 0 Å². The van der Waals surface area contributed by atoms with E-state index in [4.69, 9.17) is 4.98 Å². The van der Waals surface area contributed by atoms with Gasteiger partial charge >= 0.3 is 0 Å². The molecule has 2 aromatic carbocycles. The molecule has 0 spiro atoms. The smallest absolute Gasteiger partial charge is 0.0714 e. The monoisotopic (exact) mass is 587 g/mol. The van der Waals surface area contributed by atoms with Gasteiger partial charge in [0, 0.05) is 30.6 Å². The van der Waals surface area contributed by atoms with Gasteiger partial charge in [0.15, 0.2) is 0 Å². The van der Waals surface area contributed by atoms with Crippen LogP contribution in [0.1, 0.15) is 167 Å². The van der Waals surface area contributed by atoms with Gasteiger partial charge in [-0.25, -0.2) is 4.98 Å². The maximum Gasteiger partial charge on any atom is 0.0714 e. The number of rotatable bonds is 26. The van der Waals surface area contributed by atoms with E-state index in [2.05, 4.69) is 68.4 Å². The van der Waals surface area contributed by atoms with Crippen molar-refractivity contribution in [3.05, 3.63) is 48.0 Å². The molecule has 3 rings (SSSR count). The van der Waals surface area contributed by atoms with Crippen molar-refractivity contribution in [2.75, 3.05) is 19.0 Å². The van der Waals surface area contributed by atoms with E-state index in [1.54, 1.807) is 0 Å². The first-order chi connectivity index (χ1) is 21.2. The van der Waals surface area contributed by atoms with Crippen LogP contribution in [0.15, 0.2) is 42.5 Å². The zero-order valence-corrected chi connectivity index (χ0v) is 28.6. The molecule has 2 heteroatoms. The molecule has 0 atom stereocenters. The summed E-state index contributed by atoms with van der Waals surface area (Å²) in [5.74, 6) is 0. The van der Waals surface area contributed by atoms with Gasteiger partial charge < -0.3 is 4.90 Å². The molecular weight excluding hydrogens is 520 g/mol. The molecule has 0 aliphatic heterocycles. The number of fused-ring (bicyclic) bond motifs is 2. The largest absolute Gasteiger partial charge is 0.377 e. The summed E-state index contributed by atoms with van der Waals surface area (Å²) in [6, 6.07) is 15.3. The molecule has 0 fully saturated rings. The van der Waals surface area contributed by atoms with Crippen molar-refractivity contribution in [1.82, 2.24) is 4.98 Å². The lowest BCUT2D eigenvalue weighted by Gasteiger charge is -2.20. The molecule has 240 valence electrons. The van der Waals surface area contributed by atoms with Crippen LogP contribution in [0, 0.1) is 0 Å². The summed E-state index contributed by atoms with van der Waals surface area (Å²) in [5.41, 5.74) is 5.04. The van der Waals surface area contributed by atoms with Crippen molar-refractivity contribution in [2.45, 2.75) is 167 Å². The zero-order chi connectivity index (χ0) is 30.4. The third-order valence-corrected chi connectivity index (χ3v) is 9.55. The summed E-state index contributed by atoms with van der Waals surface area (Å²) < 4.78 is 0. The van der Waals surface area contributed by atoms with Gasteiger partial charge in [-0.3, -0.25) is 0 Å². The van der Waals surface area contributed by atoms with Crippen molar-refractivity contribution in [3.8, 4) is 0 Å². The van der Waals surface area contributed by atoms with Gasteiger partial charge in [-0.2, -0.15) is 0 Å². The highest BCUT2D eigenvalue weighted by Gasteiger charge is 2.11. The van der Waals surface area contributed by atoms with E-state index in [-0.39, 0.29) is 0 Å². The number of unbranched alkanes of at least 4 members (excludes halogenated alkanes) is 23. The minimum absolute atomic E-state index is 1.09. The molecule has 1 heterocycles. The highest BCUT2D eigenvalue weighted by atomic mass is 15.1. The Morgan fingerprint density at radius 1 is 0.488 bits per heavy atom. The van der Waals surface area contributed by atoms with Crippen molar-refractivity contribution >= 4 is 27.5 Å². The number of para-hydroxylation sites is 1. The third kappa shape index (κ3) is 14.0. The Hall–Kier alpha value is -2.09. The zero-order valence-electron chi connectivity index (χ0n) is 28.6. The fourth-order valence-corrected chi connectivity index (χ4v) is 6.84. The third-order valence-electron chi connectivity index (χ3n) is 9.55. The van der Waals surface area contributed by atoms with E-state index in [0.29, 0.717) is 0 Å². The number of hydrogen-bond donors (Lipinski definition) is 0. The van der Waals surface area contributed by atoms with Crippen LogP contribution in [0.3, 0.4) is 0 Å². The number of hydrogen-bond acceptors (Lipinski definition) is 2. The molecule has 0 radical (unpaired) electrons. The maximum atomic E-state index is 4.96. The molecule has 43 heavy (non-hydrogen) atoms. The summed E-state index contributed by atoms with van der Waals surface area (Å²) in [6.45, 7) is 2.30. The van der Waals surface area contributed by atoms with Crippen LogP contribution in [0.4, 0.5) is 5.69 Å². The molecule has 0 bridgehead atoms. The van der Waals surface area contributed by atoms with Crippen LogP contribution in [0.25, 0.3) is 21.8 Å². The second-order valence-corrected chi connectivity index (χ2v) is 13.6. The summed E-state index contributed by atoms with van der Waals surface area (Å²) in [5, 5.41) is 2.57. The second-order valence-electron chi connectivity index (χ2n) is 13.6. The van der Waals surface area contributed by atoms with Crippen molar-refractivity contribution < 1.29 is 0 Å². The Morgan fingerprint density at radius 2 is 0.930 bits per heavy atom. The van der Waals surface area contributed by atoms with Crippen LogP contribution in [-0.4, -0.2) is 19.1 Å². The number of anilines is 1. The van der Waals surface area contributed by atoms with Gasteiger partial charge in [0.2, 0.25) is 0 Å². The van der Waals surface area contributed by atoms with Crippen molar-refractivity contribution in [1.29, 1.82) is 0 Å². The fourth-order valence-electron chi connectivity index (χ4n) is 6.84. The molecule has 0 saturated carbocycles. The Kier molecular flexibility index (Phi) is 18.5. The first-order valence-electron chi connectivity index (χ1n) is 18.7. The Bertz CT molecular complexity index is 1120. The number of nitrogens with zero attached hydrogens (tertiary/aromatic N) is 2. The number of benzene rings is 2. The van der Waals surface area contributed by atoms with E-state index in [1.807, 2.05) is 0 Å². The SMILES string of the molecule is CCCCCCCCCCCCCCCCCCCCCCCCCCc1c(N(C)C)ccc2nc3ccccc3cc12. The average Bonchev–Trinajstić information content (AvgIpc) is 3.02. The van der Waals surface area contributed by atoms with E-state index >= 15 is 0 Å². The summed E-state index contributed by atoms with van der Waals surface area (Å²) in [4.78, 5) is 7.23.